The van der Waals surface area contributed by atoms with Crippen LogP contribution < -0.4 is 10.6 Å². The van der Waals surface area contributed by atoms with Gasteiger partial charge in [0.25, 0.3) is 0 Å². The summed E-state index contributed by atoms with van der Waals surface area (Å²) in [7, 11) is -3.95. The molecule has 12 heteroatoms. The molecular weight excluding hydrogens is 429 g/mol. The molecule has 2 N–H and O–H groups in total. The number of aromatic nitrogens is 2. The molecule has 2 amide bonds. The lowest BCUT2D eigenvalue weighted by Gasteiger charge is -2.34. The van der Waals surface area contributed by atoms with Crippen molar-refractivity contribution in [3.8, 4) is 0 Å². The minimum atomic E-state index is -3.95. The fourth-order valence-corrected chi connectivity index (χ4v) is 4.63. The van der Waals surface area contributed by atoms with E-state index in [4.69, 9.17) is 4.74 Å². The number of carbonyl (C=O) groups excluding carboxylic acids is 2. The summed E-state index contributed by atoms with van der Waals surface area (Å²) in [6.45, 7) is 1.25. The van der Waals surface area contributed by atoms with Gasteiger partial charge in [-0.05, 0) is 37.1 Å². The van der Waals surface area contributed by atoms with Crippen molar-refractivity contribution in [3.63, 3.8) is 0 Å². The van der Waals surface area contributed by atoms with Crippen LogP contribution in [0.3, 0.4) is 0 Å². The van der Waals surface area contributed by atoms with Gasteiger partial charge in [-0.25, -0.2) is 17.8 Å². The molecule has 2 aromatic rings. The molecule has 10 nitrogen and oxygen atoms in total. The van der Waals surface area contributed by atoms with Crippen molar-refractivity contribution in [2.45, 2.75) is 30.5 Å². The Kier molecular flexibility index (Phi) is 7.71. The standard InChI is InChI=1S/C19H24FN5O5S/c20-15-3-5-16(6-4-15)31(28,29)25-10-2-12-30-17(25)13-23-19(27)18(26)22-7-1-9-24-11-8-21-14-24/h3-6,8,11,14,17H,1-2,7,9-10,12-13H2,(H,22,26)(H,23,27)/t17-/m0/s1. The van der Waals surface area contributed by atoms with Gasteiger partial charge in [-0.3, -0.25) is 9.59 Å². The number of amides is 2. The lowest BCUT2D eigenvalue weighted by atomic mass is 10.3. The van der Waals surface area contributed by atoms with Gasteiger partial charge >= 0.3 is 11.8 Å². The maximum atomic E-state index is 13.1. The Hall–Kier alpha value is -2.83. The number of ether oxygens (including phenoxy) is 1. The molecule has 1 aliphatic heterocycles. The average Bonchev–Trinajstić information content (AvgIpc) is 3.29. The van der Waals surface area contributed by atoms with Gasteiger partial charge in [-0.15, -0.1) is 0 Å². The Bertz CT molecular complexity index is 982. The molecular formula is C19H24FN5O5S. The van der Waals surface area contributed by atoms with Gasteiger partial charge in [0.1, 0.15) is 12.0 Å². The van der Waals surface area contributed by atoms with E-state index in [1.165, 1.54) is 12.1 Å². The Balaban J connectivity index is 1.50. The quantitative estimate of drug-likeness (QED) is 0.431. The summed E-state index contributed by atoms with van der Waals surface area (Å²) in [5, 5.41) is 4.92. The molecule has 0 unspecified atom stereocenters. The van der Waals surface area contributed by atoms with E-state index in [-0.39, 0.29) is 18.0 Å². The molecule has 0 radical (unpaired) electrons. The highest BCUT2D eigenvalue weighted by Crippen LogP contribution is 2.22. The maximum Gasteiger partial charge on any atom is 0.309 e. The molecule has 31 heavy (non-hydrogen) atoms. The van der Waals surface area contributed by atoms with E-state index in [0.29, 0.717) is 32.5 Å². The number of hydrogen-bond donors (Lipinski definition) is 2. The number of carbonyl (C=O) groups is 2. The van der Waals surface area contributed by atoms with Crippen molar-refractivity contribution < 1.29 is 27.1 Å². The van der Waals surface area contributed by atoms with Gasteiger partial charge in [0.05, 0.1) is 24.4 Å². The van der Waals surface area contributed by atoms with Crippen LogP contribution in [-0.4, -0.2) is 66.6 Å². The molecule has 2 heterocycles. The first-order chi connectivity index (χ1) is 14.9. The molecule has 0 spiro atoms. The fraction of sp³-hybridized carbons (Fsp3) is 0.421. The van der Waals surface area contributed by atoms with E-state index in [1.54, 1.807) is 18.7 Å². The van der Waals surface area contributed by atoms with Crippen LogP contribution in [0.5, 0.6) is 0 Å². The number of nitrogens with zero attached hydrogens (tertiary/aromatic N) is 3. The lowest BCUT2D eigenvalue weighted by Crippen LogP contribution is -2.53. The van der Waals surface area contributed by atoms with Crippen LogP contribution in [-0.2, 0) is 30.9 Å². The van der Waals surface area contributed by atoms with Crippen molar-refractivity contribution in [2.75, 3.05) is 26.2 Å². The predicted octanol–water partition coefficient (Wildman–Crippen LogP) is 0.0820. The van der Waals surface area contributed by atoms with Crippen LogP contribution in [0, 0.1) is 5.82 Å². The zero-order valence-corrected chi connectivity index (χ0v) is 17.6. The van der Waals surface area contributed by atoms with E-state index >= 15 is 0 Å². The number of aryl methyl sites for hydroxylation is 1. The predicted molar refractivity (Wildman–Crippen MR) is 108 cm³/mol. The maximum absolute atomic E-state index is 13.1. The Morgan fingerprint density at radius 1 is 1.19 bits per heavy atom. The zero-order chi connectivity index (χ0) is 22.3. The first-order valence-electron chi connectivity index (χ1n) is 9.79. The summed E-state index contributed by atoms with van der Waals surface area (Å²) in [6, 6.07) is 4.47. The van der Waals surface area contributed by atoms with E-state index < -0.39 is 33.9 Å². The third kappa shape index (κ3) is 6.09. The van der Waals surface area contributed by atoms with Crippen LogP contribution in [0.2, 0.25) is 0 Å². The molecule has 0 bridgehead atoms. The minimum absolute atomic E-state index is 0.0774. The van der Waals surface area contributed by atoms with E-state index in [1.807, 2.05) is 4.57 Å². The highest BCUT2D eigenvalue weighted by molar-refractivity contribution is 7.89. The van der Waals surface area contributed by atoms with Crippen molar-refractivity contribution in [1.29, 1.82) is 0 Å². The summed E-state index contributed by atoms with van der Waals surface area (Å²) >= 11 is 0. The number of benzene rings is 1. The summed E-state index contributed by atoms with van der Waals surface area (Å²) in [4.78, 5) is 27.9. The number of halogens is 1. The molecule has 1 aromatic heterocycles. The minimum Gasteiger partial charge on any atom is -0.360 e. The van der Waals surface area contributed by atoms with E-state index in [9.17, 15) is 22.4 Å². The number of hydrogen-bond acceptors (Lipinski definition) is 6. The average molecular weight is 453 g/mol. The summed E-state index contributed by atoms with van der Waals surface area (Å²) in [5.74, 6) is -2.24. The van der Waals surface area contributed by atoms with E-state index in [0.717, 1.165) is 16.4 Å². The molecule has 3 rings (SSSR count). The van der Waals surface area contributed by atoms with Gasteiger partial charge in [0.2, 0.25) is 10.0 Å². The van der Waals surface area contributed by atoms with Gasteiger partial charge < -0.3 is 19.9 Å². The van der Waals surface area contributed by atoms with Crippen molar-refractivity contribution in [2.24, 2.45) is 0 Å². The van der Waals surface area contributed by atoms with Crippen LogP contribution >= 0.6 is 0 Å². The first kappa shape index (κ1) is 22.8. The number of sulfonamides is 1. The van der Waals surface area contributed by atoms with Crippen LogP contribution in [0.4, 0.5) is 4.39 Å². The van der Waals surface area contributed by atoms with Crippen LogP contribution in [0.1, 0.15) is 12.8 Å². The van der Waals surface area contributed by atoms with Gasteiger partial charge in [-0.1, -0.05) is 0 Å². The molecule has 1 saturated heterocycles. The summed E-state index contributed by atoms with van der Waals surface area (Å²) in [6.07, 6.45) is 5.22. The van der Waals surface area contributed by atoms with Gasteiger partial charge in [0, 0.05) is 32.0 Å². The normalized spacial score (nSPS) is 17.3. The second-order valence-corrected chi connectivity index (χ2v) is 8.76. The molecule has 1 atom stereocenters. The summed E-state index contributed by atoms with van der Waals surface area (Å²) in [5.41, 5.74) is 0. The largest absolute Gasteiger partial charge is 0.360 e. The second kappa shape index (κ2) is 10.5. The highest BCUT2D eigenvalue weighted by Gasteiger charge is 2.34. The molecule has 0 aliphatic carbocycles. The fourth-order valence-electron chi connectivity index (χ4n) is 3.07. The molecule has 0 saturated carbocycles. The lowest BCUT2D eigenvalue weighted by molar-refractivity contribution is -0.140. The Morgan fingerprint density at radius 2 is 1.94 bits per heavy atom. The monoisotopic (exact) mass is 453 g/mol. The highest BCUT2D eigenvalue weighted by atomic mass is 32.2. The number of rotatable bonds is 8. The molecule has 1 aliphatic rings. The smallest absolute Gasteiger partial charge is 0.309 e. The van der Waals surface area contributed by atoms with Crippen molar-refractivity contribution in [1.82, 2.24) is 24.5 Å². The summed E-state index contributed by atoms with van der Waals surface area (Å²) < 4.78 is 47.4. The topological polar surface area (TPSA) is 123 Å². The van der Waals surface area contributed by atoms with Crippen molar-refractivity contribution in [3.05, 3.63) is 48.8 Å². The second-order valence-electron chi connectivity index (χ2n) is 6.87. The van der Waals surface area contributed by atoms with Crippen LogP contribution in [0.25, 0.3) is 0 Å². The molecule has 168 valence electrons. The first-order valence-corrected chi connectivity index (χ1v) is 11.2. The molecule has 1 fully saturated rings. The van der Waals surface area contributed by atoms with Gasteiger partial charge in [-0.2, -0.15) is 4.31 Å². The van der Waals surface area contributed by atoms with E-state index in [2.05, 4.69) is 15.6 Å². The number of imidazole rings is 1. The Labute approximate surface area is 179 Å². The third-order valence-corrected chi connectivity index (χ3v) is 6.56. The van der Waals surface area contributed by atoms with Crippen LogP contribution in [0.15, 0.2) is 47.9 Å². The zero-order valence-electron chi connectivity index (χ0n) is 16.7. The third-order valence-electron chi connectivity index (χ3n) is 4.66. The SMILES string of the molecule is O=C(NCCCn1ccnc1)C(=O)NC[C@@H]1OCCCN1S(=O)(=O)c1ccc(F)cc1. The number of nitrogens with one attached hydrogen (secondary N) is 2. The Morgan fingerprint density at radius 3 is 2.65 bits per heavy atom. The van der Waals surface area contributed by atoms with Gasteiger partial charge in [0.15, 0.2) is 0 Å². The van der Waals surface area contributed by atoms with Crippen molar-refractivity contribution >= 4 is 21.8 Å². The molecule has 1 aromatic carbocycles.